The van der Waals surface area contributed by atoms with E-state index in [1.54, 1.807) is 30.3 Å². The Morgan fingerprint density at radius 3 is 2.26 bits per heavy atom. The Labute approximate surface area is 156 Å². The molecule has 27 heavy (non-hydrogen) atoms. The third-order valence-electron chi connectivity index (χ3n) is 3.49. The van der Waals surface area contributed by atoms with Gasteiger partial charge in [-0.2, -0.15) is 0 Å². The van der Waals surface area contributed by atoms with E-state index < -0.39 is 21.2 Å². The molecular weight excluding hydrogens is 376 g/mol. The second kappa shape index (κ2) is 7.17. The minimum Gasteiger partial charge on any atom is -0.450 e. The van der Waals surface area contributed by atoms with Gasteiger partial charge >= 0.3 is 5.69 Å². The van der Waals surface area contributed by atoms with Crippen molar-refractivity contribution in [3.8, 4) is 11.5 Å². The maximum Gasteiger partial charge on any atom is 0.318 e. The number of nitro benzene ring substituents is 2. The number of ether oxygens (including phenoxy) is 1. The number of rotatable bonds is 5. The van der Waals surface area contributed by atoms with Crippen molar-refractivity contribution < 1.29 is 19.4 Å². The number of amides is 1. The van der Waals surface area contributed by atoms with Crippen molar-refractivity contribution in [1.29, 1.82) is 0 Å². The summed E-state index contributed by atoms with van der Waals surface area (Å²) in [5, 5.41) is 27.3. The fourth-order valence-corrected chi connectivity index (χ4v) is 2.46. The van der Waals surface area contributed by atoms with Crippen LogP contribution in [0.15, 0.2) is 48.2 Å². The third-order valence-corrected chi connectivity index (χ3v) is 3.69. The average molecular weight is 386 g/mol. The van der Waals surface area contributed by atoms with Crippen LogP contribution in [-0.2, 0) is 4.79 Å². The summed E-state index contributed by atoms with van der Waals surface area (Å²) in [6.45, 7) is 0. The van der Waals surface area contributed by atoms with E-state index in [0.717, 1.165) is 12.1 Å². The molecule has 3 rings (SSSR count). The fourth-order valence-electron chi connectivity index (χ4n) is 2.26. The van der Waals surface area contributed by atoms with Crippen LogP contribution in [-0.4, -0.2) is 20.9 Å². The standard InChI is InChI=1S/C16H10N4O6S/c21-15-12(17-16(27)18-15)7-9-1-4-11(5-2-9)26-14-6-3-10(19(22)23)8-13(14)20(24)25/h1-8H,(H2,17,18,21,27)/b12-7+. The summed E-state index contributed by atoms with van der Waals surface area (Å²) in [6.07, 6.45) is 1.58. The van der Waals surface area contributed by atoms with E-state index >= 15 is 0 Å². The SMILES string of the molecule is O=C1NC(=S)N/C1=C/c1ccc(Oc2ccc([N+](=O)[O-])cc2[N+](=O)[O-])cc1. The Kier molecular flexibility index (Phi) is 4.77. The van der Waals surface area contributed by atoms with E-state index in [4.69, 9.17) is 17.0 Å². The molecule has 2 aromatic rings. The van der Waals surface area contributed by atoms with Crippen LogP contribution in [0, 0.1) is 20.2 Å². The summed E-state index contributed by atoms with van der Waals surface area (Å²) in [5.41, 5.74) is 0.0367. The predicted octanol–water partition coefficient (Wildman–Crippen LogP) is 2.64. The van der Waals surface area contributed by atoms with Gasteiger partial charge in [0.15, 0.2) is 5.11 Å². The van der Waals surface area contributed by atoms with Crippen LogP contribution in [0.4, 0.5) is 11.4 Å². The number of hydrogen-bond donors (Lipinski definition) is 2. The van der Waals surface area contributed by atoms with Gasteiger partial charge < -0.3 is 10.1 Å². The van der Waals surface area contributed by atoms with Gasteiger partial charge in [0.25, 0.3) is 11.6 Å². The first-order valence-electron chi connectivity index (χ1n) is 7.38. The largest absolute Gasteiger partial charge is 0.450 e. The second-order valence-electron chi connectivity index (χ2n) is 5.30. The molecule has 0 spiro atoms. The van der Waals surface area contributed by atoms with Crippen LogP contribution in [0.5, 0.6) is 11.5 Å². The summed E-state index contributed by atoms with van der Waals surface area (Å²) < 4.78 is 5.47. The summed E-state index contributed by atoms with van der Waals surface area (Å²) in [4.78, 5) is 32.0. The number of hydrogen-bond acceptors (Lipinski definition) is 7. The molecule has 1 aliphatic heterocycles. The molecule has 1 fully saturated rings. The smallest absolute Gasteiger partial charge is 0.318 e. The molecule has 2 N–H and O–H groups in total. The van der Waals surface area contributed by atoms with Crippen molar-refractivity contribution in [2.75, 3.05) is 0 Å². The van der Waals surface area contributed by atoms with Crippen LogP contribution in [0.25, 0.3) is 6.08 Å². The Morgan fingerprint density at radius 2 is 1.70 bits per heavy atom. The van der Waals surface area contributed by atoms with E-state index in [-0.39, 0.29) is 22.5 Å². The lowest BCUT2D eigenvalue weighted by Crippen LogP contribution is -2.21. The lowest BCUT2D eigenvalue weighted by Gasteiger charge is -2.06. The Hall–Kier alpha value is -3.86. The molecule has 0 unspecified atom stereocenters. The van der Waals surface area contributed by atoms with Gasteiger partial charge in [-0.15, -0.1) is 0 Å². The maximum absolute atomic E-state index is 11.6. The van der Waals surface area contributed by atoms with Crippen molar-refractivity contribution in [3.63, 3.8) is 0 Å². The molecule has 0 aliphatic carbocycles. The number of carbonyl (C=O) groups excluding carboxylic acids is 1. The average Bonchev–Trinajstić information content (AvgIpc) is 2.93. The number of non-ortho nitro benzene ring substituents is 1. The van der Waals surface area contributed by atoms with Crippen LogP contribution < -0.4 is 15.4 Å². The quantitative estimate of drug-likeness (QED) is 0.346. The highest BCUT2D eigenvalue weighted by molar-refractivity contribution is 7.80. The van der Waals surface area contributed by atoms with Crippen LogP contribution in [0.3, 0.4) is 0 Å². The molecular formula is C16H10N4O6S. The zero-order chi connectivity index (χ0) is 19.6. The molecule has 136 valence electrons. The number of nitrogens with zero attached hydrogens (tertiary/aromatic N) is 2. The van der Waals surface area contributed by atoms with Crippen LogP contribution in [0.1, 0.15) is 5.56 Å². The van der Waals surface area contributed by atoms with Gasteiger partial charge in [0.2, 0.25) is 5.75 Å². The zero-order valence-electron chi connectivity index (χ0n) is 13.4. The Morgan fingerprint density at radius 1 is 1.00 bits per heavy atom. The van der Waals surface area contributed by atoms with E-state index in [0.29, 0.717) is 11.3 Å². The molecule has 2 aromatic carbocycles. The lowest BCUT2D eigenvalue weighted by atomic mass is 10.2. The van der Waals surface area contributed by atoms with Crippen molar-refractivity contribution in [2.45, 2.75) is 0 Å². The van der Waals surface area contributed by atoms with Crippen LogP contribution >= 0.6 is 12.2 Å². The van der Waals surface area contributed by atoms with E-state index in [1.807, 2.05) is 0 Å². The molecule has 1 saturated heterocycles. The topological polar surface area (TPSA) is 137 Å². The highest BCUT2D eigenvalue weighted by Crippen LogP contribution is 2.34. The Bertz CT molecular complexity index is 1000. The summed E-state index contributed by atoms with van der Waals surface area (Å²) in [6, 6.07) is 9.48. The van der Waals surface area contributed by atoms with Gasteiger partial charge in [0, 0.05) is 6.07 Å². The highest BCUT2D eigenvalue weighted by Gasteiger charge is 2.22. The molecule has 1 heterocycles. The number of thiocarbonyl (C=S) groups is 1. The van der Waals surface area contributed by atoms with Gasteiger partial charge in [-0.25, -0.2) is 0 Å². The Balaban J connectivity index is 1.82. The van der Waals surface area contributed by atoms with Crippen molar-refractivity contribution >= 4 is 40.7 Å². The molecule has 11 heteroatoms. The first-order chi connectivity index (χ1) is 12.8. The molecule has 0 saturated carbocycles. The van der Waals surface area contributed by atoms with E-state index in [9.17, 15) is 25.0 Å². The third kappa shape index (κ3) is 4.04. The highest BCUT2D eigenvalue weighted by atomic mass is 32.1. The van der Waals surface area contributed by atoms with E-state index in [1.165, 1.54) is 6.07 Å². The van der Waals surface area contributed by atoms with Gasteiger partial charge in [-0.1, -0.05) is 12.1 Å². The number of carbonyl (C=O) groups is 1. The lowest BCUT2D eigenvalue weighted by molar-refractivity contribution is -0.394. The molecule has 0 atom stereocenters. The summed E-state index contributed by atoms with van der Waals surface area (Å²) >= 11 is 4.84. The first kappa shape index (κ1) is 17.9. The number of nitro groups is 2. The minimum atomic E-state index is -0.756. The molecule has 10 nitrogen and oxygen atoms in total. The van der Waals surface area contributed by atoms with Crippen molar-refractivity contribution in [1.82, 2.24) is 10.6 Å². The monoisotopic (exact) mass is 386 g/mol. The number of benzene rings is 2. The van der Waals surface area contributed by atoms with Crippen LogP contribution in [0.2, 0.25) is 0 Å². The minimum absolute atomic E-state index is 0.126. The van der Waals surface area contributed by atoms with Gasteiger partial charge in [-0.05, 0) is 42.1 Å². The summed E-state index contributed by atoms with van der Waals surface area (Å²) in [7, 11) is 0. The van der Waals surface area contributed by atoms with Crippen molar-refractivity contribution in [3.05, 3.63) is 74.0 Å². The van der Waals surface area contributed by atoms with Gasteiger partial charge in [-0.3, -0.25) is 30.3 Å². The maximum atomic E-state index is 11.6. The molecule has 1 aliphatic rings. The first-order valence-corrected chi connectivity index (χ1v) is 7.79. The zero-order valence-corrected chi connectivity index (χ0v) is 14.2. The fraction of sp³-hybridized carbons (Fsp3) is 0. The van der Waals surface area contributed by atoms with E-state index in [2.05, 4.69) is 10.6 Å². The summed E-state index contributed by atoms with van der Waals surface area (Å²) in [5.74, 6) is -0.186. The number of nitrogens with one attached hydrogen (secondary N) is 2. The molecule has 0 bridgehead atoms. The predicted molar refractivity (Wildman–Crippen MR) is 98.1 cm³/mol. The second-order valence-corrected chi connectivity index (χ2v) is 5.71. The molecule has 0 aromatic heterocycles. The molecule has 0 radical (unpaired) electrons. The van der Waals surface area contributed by atoms with Gasteiger partial charge in [0.05, 0.1) is 15.9 Å². The van der Waals surface area contributed by atoms with Gasteiger partial charge in [0.1, 0.15) is 11.4 Å². The normalized spacial score (nSPS) is 14.6. The molecule has 1 amide bonds. The van der Waals surface area contributed by atoms with Crippen molar-refractivity contribution in [2.24, 2.45) is 0 Å².